The molecule has 0 radical (unpaired) electrons. The summed E-state index contributed by atoms with van der Waals surface area (Å²) in [6.07, 6.45) is 5.65. The molecule has 0 aromatic heterocycles. The quantitative estimate of drug-likeness (QED) is 0.418. The molecule has 0 aromatic rings. The standard InChI is InChI=1S/C6H13BN2/c1-2-6(3-1)4-8-9-5-7-9/h6-8H,1-5H2. The van der Waals surface area contributed by atoms with Gasteiger partial charge in [-0.25, -0.2) is 0 Å². The molecule has 1 heterocycles. The third kappa shape index (κ3) is 1.46. The highest BCUT2D eigenvalue weighted by atomic mass is 15.5. The van der Waals surface area contributed by atoms with E-state index < -0.39 is 0 Å². The van der Waals surface area contributed by atoms with Gasteiger partial charge in [0.2, 0.25) is 7.41 Å². The molecule has 1 atom stereocenters. The van der Waals surface area contributed by atoms with Crippen molar-refractivity contribution in [1.82, 2.24) is 10.3 Å². The smallest absolute Gasteiger partial charge is 0.237 e. The van der Waals surface area contributed by atoms with Crippen LogP contribution in [0.5, 0.6) is 0 Å². The van der Waals surface area contributed by atoms with E-state index in [2.05, 4.69) is 10.3 Å². The van der Waals surface area contributed by atoms with Gasteiger partial charge in [-0.1, -0.05) is 6.42 Å². The Kier molecular flexibility index (Phi) is 1.48. The van der Waals surface area contributed by atoms with Crippen molar-refractivity contribution in [3.63, 3.8) is 0 Å². The van der Waals surface area contributed by atoms with Crippen molar-refractivity contribution in [2.75, 3.05) is 13.0 Å². The second-order valence-corrected chi connectivity index (χ2v) is 3.15. The topological polar surface area (TPSA) is 15.0 Å². The third-order valence-corrected chi connectivity index (χ3v) is 2.28. The van der Waals surface area contributed by atoms with Crippen molar-refractivity contribution in [1.29, 1.82) is 0 Å². The van der Waals surface area contributed by atoms with Crippen LogP contribution >= 0.6 is 0 Å². The van der Waals surface area contributed by atoms with Crippen LogP contribution in [-0.4, -0.2) is 25.3 Å². The van der Waals surface area contributed by atoms with Gasteiger partial charge in [0.15, 0.2) is 0 Å². The van der Waals surface area contributed by atoms with E-state index in [1.54, 1.807) is 0 Å². The minimum atomic E-state index is 1.01. The lowest BCUT2D eigenvalue weighted by molar-refractivity contribution is 0.268. The van der Waals surface area contributed by atoms with E-state index in [1.165, 1.54) is 39.7 Å². The SMILES string of the molecule is B1CN1NCC1CCC1. The molecule has 1 saturated heterocycles. The normalized spacial score (nSPS) is 33.1. The average molecular weight is 124 g/mol. The summed E-state index contributed by atoms with van der Waals surface area (Å²) in [4.78, 5) is 2.28. The zero-order chi connectivity index (χ0) is 6.10. The maximum atomic E-state index is 3.39. The van der Waals surface area contributed by atoms with Gasteiger partial charge in [-0.05, 0) is 25.2 Å². The lowest BCUT2D eigenvalue weighted by atomic mass is 9.86. The number of rotatable bonds is 3. The molecule has 2 aliphatic rings. The first-order valence-electron chi connectivity index (χ1n) is 3.93. The highest BCUT2D eigenvalue weighted by Gasteiger charge is 2.22. The molecule has 50 valence electrons. The molecule has 1 N–H and O–H groups in total. The van der Waals surface area contributed by atoms with E-state index in [1.807, 2.05) is 0 Å². The van der Waals surface area contributed by atoms with E-state index in [4.69, 9.17) is 0 Å². The predicted octanol–water partition coefficient (Wildman–Crippen LogP) is -0.0843. The van der Waals surface area contributed by atoms with Crippen LogP contribution in [0.15, 0.2) is 0 Å². The molecule has 3 heteroatoms. The zero-order valence-corrected chi connectivity index (χ0v) is 5.77. The number of hydrogen-bond acceptors (Lipinski definition) is 2. The largest absolute Gasteiger partial charge is 0.292 e. The lowest BCUT2D eigenvalue weighted by Gasteiger charge is -2.25. The van der Waals surface area contributed by atoms with Crippen LogP contribution < -0.4 is 5.43 Å². The molecule has 9 heavy (non-hydrogen) atoms. The summed E-state index contributed by atoms with van der Waals surface area (Å²) in [7, 11) is 1.27. The average Bonchev–Trinajstić information content (AvgIpc) is 2.44. The summed E-state index contributed by atoms with van der Waals surface area (Å²) in [5.41, 5.74) is 3.39. The van der Waals surface area contributed by atoms with E-state index in [0.717, 1.165) is 5.92 Å². The Balaban J connectivity index is 1.55. The fourth-order valence-electron chi connectivity index (χ4n) is 1.16. The molecule has 0 spiro atoms. The highest BCUT2D eigenvalue weighted by Crippen LogP contribution is 2.25. The predicted molar refractivity (Wildman–Crippen MR) is 39.2 cm³/mol. The monoisotopic (exact) mass is 124 g/mol. The molecule has 2 fully saturated rings. The molecule has 1 aliphatic carbocycles. The number of nitrogens with zero attached hydrogens (tertiary/aromatic N) is 1. The van der Waals surface area contributed by atoms with E-state index in [9.17, 15) is 0 Å². The minimum absolute atomic E-state index is 1.01. The Morgan fingerprint density at radius 2 is 2.33 bits per heavy atom. The molecule has 2 rings (SSSR count). The van der Waals surface area contributed by atoms with Crippen LogP contribution in [-0.2, 0) is 0 Å². The van der Waals surface area contributed by atoms with Crippen molar-refractivity contribution in [3.05, 3.63) is 0 Å². The Morgan fingerprint density at radius 3 is 2.78 bits per heavy atom. The molecule has 1 unspecified atom stereocenters. The Morgan fingerprint density at radius 1 is 1.56 bits per heavy atom. The van der Waals surface area contributed by atoms with Gasteiger partial charge >= 0.3 is 0 Å². The van der Waals surface area contributed by atoms with Crippen molar-refractivity contribution in [3.8, 4) is 0 Å². The van der Waals surface area contributed by atoms with Gasteiger partial charge in [0.1, 0.15) is 0 Å². The molecule has 1 aliphatic heterocycles. The summed E-state index contributed by atoms with van der Waals surface area (Å²) in [5, 5.41) is 0. The number of hydrazine groups is 1. The van der Waals surface area contributed by atoms with Crippen molar-refractivity contribution < 1.29 is 0 Å². The summed E-state index contributed by atoms with van der Waals surface area (Å²) in [5.74, 6) is 1.01. The second kappa shape index (κ2) is 2.31. The Bertz CT molecular complexity index is 99.2. The molecule has 0 amide bonds. The van der Waals surface area contributed by atoms with Crippen molar-refractivity contribution in [2.45, 2.75) is 19.3 Å². The van der Waals surface area contributed by atoms with E-state index >= 15 is 0 Å². The summed E-state index contributed by atoms with van der Waals surface area (Å²) in [6.45, 7) is 1.24. The van der Waals surface area contributed by atoms with Gasteiger partial charge in [-0.3, -0.25) is 10.3 Å². The third-order valence-electron chi connectivity index (χ3n) is 2.28. The number of nitrogens with one attached hydrogen (secondary N) is 1. The summed E-state index contributed by atoms with van der Waals surface area (Å²) >= 11 is 0. The highest BCUT2D eigenvalue weighted by molar-refractivity contribution is 6.43. The molecule has 0 aromatic carbocycles. The maximum Gasteiger partial charge on any atom is 0.237 e. The van der Waals surface area contributed by atoms with Gasteiger partial charge in [0.05, 0.1) is 0 Å². The van der Waals surface area contributed by atoms with Gasteiger partial charge in [0.25, 0.3) is 0 Å². The fraction of sp³-hybridized carbons (Fsp3) is 1.00. The lowest BCUT2D eigenvalue weighted by Crippen LogP contribution is -2.31. The number of hydrogen-bond donors (Lipinski definition) is 1. The summed E-state index contributed by atoms with van der Waals surface area (Å²) in [6, 6.07) is 0. The zero-order valence-electron chi connectivity index (χ0n) is 5.77. The summed E-state index contributed by atoms with van der Waals surface area (Å²) < 4.78 is 0. The van der Waals surface area contributed by atoms with Crippen LogP contribution in [0.1, 0.15) is 19.3 Å². The molecule has 1 saturated carbocycles. The Labute approximate surface area is 56.8 Å². The maximum absolute atomic E-state index is 3.39. The first-order chi connectivity index (χ1) is 4.45. The molecule has 0 bridgehead atoms. The minimum Gasteiger partial charge on any atom is -0.292 e. The molecule has 2 nitrogen and oxygen atoms in total. The van der Waals surface area contributed by atoms with Gasteiger partial charge in [0, 0.05) is 6.54 Å². The van der Waals surface area contributed by atoms with Gasteiger partial charge < -0.3 is 0 Å². The molecular weight excluding hydrogens is 111 g/mol. The molecular formula is C6H13BN2. The van der Waals surface area contributed by atoms with Crippen molar-refractivity contribution >= 4 is 7.41 Å². The first-order valence-corrected chi connectivity index (χ1v) is 3.93. The van der Waals surface area contributed by atoms with Gasteiger partial charge in [-0.15, -0.1) is 0 Å². The van der Waals surface area contributed by atoms with Crippen LogP contribution in [0.3, 0.4) is 0 Å². The van der Waals surface area contributed by atoms with Crippen LogP contribution in [0.25, 0.3) is 0 Å². The Hall–Kier alpha value is -0.0151. The first kappa shape index (κ1) is 5.75. The van der Waals surface area contributed by atoms with E-state index in [-0.39, 0.29) is 0 Å². The van der Waals surface area contributed by atoms with Gasteiger partial charge in [-0.2, -0.15) is 0 Å². The van der Waals surface area contributed by atoms with Crippen LogP contribution in [0.2, 0.25) is 0 Å². The fourth-order valence-corrected chi connectivity index (χ4v) is 1.16. The van der Waals surface area contributed by atoms with Crippen LogP contribution in [0, 0.1) is 5.92 Å². The van der Waals surface area contributed by atoms with Crippen LogP contribution in [0.4, 0.5) is 0 Å². The second-order valence-electron chi connectivity index (χ2n) is 3.15. The van der Waals surface area contributed by atoms with Crippen molar-refractivity contribution in [2.24, 2.45) is 5.92 Å². The van der Waals surface area contributed by atoms with E-state index in [0.29, 0.717) is 0 Å².